The third-order valence-electron chi connectivity index (χ3n) is 4.48. The predicted octanol–water partition coefficient (Wildman–Crippen LogP) is 4.96. The van der Waals surface area contributed by atoms with Gasteiger partial charge in [0, 0.05) is 0 Å². The lowest BCUT2D eigenvalue weighted by molar-refractivity contribution is 0.414. The van der Waals surface area contributed by atoms with E-state index in [9.17, 15) is 8.42 Å². The highest BCUT2D eigenvalue weighted by atomic mass is 32.2. The van der Waals surface area contributed by atoms with Gasteiger partial charge < -0.3 is 4.74 Å². The molecular formula is C22H23NO3S. The SMILES string of the molecule is COc1cccc([C@H](C)N(c2cccc(C)c2)S(=O)(=O)c2ccccc2)c1. The second kappa shape index (κ2) is 7.84. The average molecular weight is 381 g/mol. The summed E-state index contributed by atoms with van der Waals surface area (Å²) >= 11 is 0. The molecule has 3 aromatic rings. The molecule has 0 unspecified atom stereocenters. The van der Waals surface area contributed by atoms with Crippen molar-refractivity contribution in [3.05, 3.63) is 90.0 Å². The molecule has 0 aromatic heterocycles. The Morgan fingerprint density at radius 3 is 2.26 bits per heavy atom. The molecular weight excluding hydrogens is 358 g/mol. The molecule has 0 spiro atoms. The van der Waals surface area contributed by atoms with Crippen LogP contribution in [0.4, 0.5) is 5.69 Å². The highest BCUT2D eigenvalue weighted by Crippen LogP contribution is 2.34. The number of anilines is 1. The van der Waals surface area contributed by atoms with Gasteiger partial charge in [-0.2, -0.15) is 0 Å². The van der Waals surface area contributed by atoms with Crippen molar-refractivity contribution in [1.29, 1.82) is 0 Å². The van der Waals surface area contributed by atoms with Gasteiger partial charge in [0.2, 0.25) is 0 Å². The zero-order valence-corrected chi connectivity index (χ0v) is 16.5. The fourth-order valence-electron chi connectivity index (χ4n) is 3.08. The number of ether oxygens (including phenoxy) is 1. The summed E-state index contributed by atoms with van der Waals surface area (Å²) in [7, 11) is -2.15. The molecule has 140 valence electrons. The van der Waals surface area contributed by atoms with E-state index in [-0.39, 0.29) is 4.90 Å². The summed E-state index contributed by atoms with van der Waals surface area (Å²) in [6.07, 6.45) is 0. The number of hydrogen-bond acceptors (Lipinski definition) is 3. The van der Waals surface area contributed by atoms with Crippen molar-refractivity contribution >= 4 is 15.7 Å². The van der Waals surface area contributed by atoms with E-state index in [0.29, 0.717) is 11.4 Å². The van der Waals surface area contributed by atoms with Gasteiger partial charge in [-0.25, -0.2) is 8.42 Å². The van der Waals surface area contributed by atoms with Crippen LogP contribution in [-0.4, -0.2) is 15.5 Å². The van der Waals surface area contributed by atoms with E-state index in [2.05, 4.69) is 0 Å². The van der Waals surface area contributed by atoms with Crippen LogP contribution in [-0.2, 0) is 10.0 Å². The molecule has 3 rings (SSSR count). The maximum absolute atomic E-state index is 13.5. The first-order chi connectivity index (χ1) is 12.9. The van der Waals surface area contributed by atoms with Gasteiger partial charge in [-0.15, -0.1) is 0 Å². The lowest BCUT2D eigenvalue weighted by Crippen LogP contribution is -2.33. The second-order valence-electron chi connectivity index (χ2n) is 6.41. The van der Waals surface area contributed by atoms with Crippen molar-refractivity contribution < 1.29 is 13.2 Å². The first-order valence-electron chi connectivity index (χ1n) is 8.73. The molecule has 0 aliphatic carbocycles. The summed E-state index contributed by atoms with van der Waals surface area (Å²) in [5.74, 6) is 0.695. The van der Waals surface area contributed by atoms with Gasteiger partial charge in [0.25, 0.3) is 10.0 Å². The molecule has 0 amide bonds. The predicted molar refractivity (Wildman–Crippen MR) is 109 cm³/mol. The Hall–Kier alpha value is -2.79. The van der Waals surface area contributed by atoms with Crippen molar-refractivity contribution in [2.45, 2.75) is 24.8 Å². The number of rotatable bonds is 6. The fourth-order valence-corrected chi connectivity index (χ4v) is 4.74. The standard InChI is InChI=1S/C22H23NO3S/c1-17-9-7-11-20(15-17)23(27(24,25)22-13-5-4-6-14-22)18(2)19-10-8-12-21(16-19)26-3/h4-16,18H,1-3H3/t18-/m0/s1. The van der Waals surface area contributed by atoms with Crippen LogP contribution in [0.25, 0.3) is 0 Å². The first kappa shape index (κ1) is 19.0. The molecule has 5 heteroatoms. The van der Waals surface area contributed by atoms with Gasteiger partial charge in [-0.1, -0.05) is 42.5 Å². The summed E-state index contributed by atoms with van der Waals surface area (Å²) in [4.78, 5) is 0.265. The zero-order chi connectivity index (χ0) is 19.4. The van der Waals surface area contributed by atoms with Crippen LogP contribution in [0, 0.1) is 6.92 Å². The van der Waals surface area contributed by atoms with Crippen LogP contribution in [0.5, 0.6) is 5.75 Å². The molecule has 0 fully saturated rings. The molecule has 3 aromatic carbocycles. The van der Waals surface area contributed by atoms with Crippen LogP contribution >= 0.6 is 0 Å². The molecule has 1 atom stereocenters. The molecule has 0 saturated carbocycles. The van der Waals surface area contributed by atoms with E-state index in [1.54, 1.807) is 31.4 Å². The van der Waals surface area contributed by atoms with Crippen LogP contribution in [0.1, 0.15) is 24.1 Å². The van der Waals surface area contributed by atoms with E-state index >= 15 is 0 Å². The minimum Gasteiger partial charge on any atom is -0.497 e. The van der Waals surface area contributed by atoms with E-state index in [0.717, 1.165) is 11.1 Å². The summed E-state index contributed by atoms with van der Waals surface area (Å²) in [6.45, 7) is 3.84. The van der Waals surface area contributed by atoms with Crippen LogP contribution in [0.15, 0.2) is 83.8 Å². The number of benzene rings is 3. The van der Waals surface area contributed by atoms with Crippen LogP contribution < -0.4 is 9.04 Å². The minimum absolute atomic E-state index is 0.265. The topological polar surface area (TPSA) is 46.6 Å². The van der Waals surface area contributed by atoms with Crippen molar-refractivity contribution in [2.24, 2.45) is 0 Å². The molecule has 0 N–H and O–H groups in total. The van der Waals surface area contributed by atoms with E-state index < -0.39 is 16.1 Å². The molecule has 0 bridgehead atoms. The van der Waals surface area contributed by atoms with Crippen molar-refractivity contribution in [3.8, 4) is 5.75 Å². The molecule has 0 saturated heterocycles. The third-order valence-corrected chi connectivity index (χ3v) is 6.40. The molecule has 0 heterocycles. The molecule has 27 heavy (non-hydrogen) atoms. The van der Waals surface area contributed by atoms with Gasteiger partial charge in [0.05, 0.1) is 23.7 Å². The summed E-state index contributed by atoms with van der Waals surface area (Å²) in [6, 6.07) is 23.1. The smallest absolute Gasteiger partial charge is 0.264 e. The van der Waals surface area contributed by atoms with Gasteiger partial charge >= 0.3 is 0 Å². The largest absolute Gasteiger partial charge is 0.497 e. The monoisotopic (exact) mass is 381 g/mol. The number of hydrogen-bond donors (Lipinski definition) is 0. The number of aryl methyl sites for hydroxylation is 1. The fraction of sp³-hybridized carbons (Fsp3) is 0.182. The quantitative estimate of drug-likeness (QED) is 0.606. The normalized spacial score (nSPS) is 12.4. The number of sulfonamides is 1. The van der Waals surface area contributed by atoms with Crippen molar-refractivity contribution in [1.82, 2.24) is 0 Å². The van der Waals surface area contributed by atoms with Crippen LogP contribution in [0.3, 0.4) is 0 Å². The first-order valence-corrected chi connectivity index (χ1v) is 10.2. The number of methoxy groups -OCH3 is 1. The average Bonchev–Trinajstić information content (AvgIpc) is 2.68. The van der Waals surface area contributed by atoms with Gasteiger partial charge in [0.15, 0.2) is 0 Å². The Morgan fingerprint density at radius 1 is 0.889 bits per heavy atom. The number of nitrogens with zero attached hydrogens (tertiary/aromatic N) is 1. The molecule has 0 aliphatic heterocycles. The second-order valence-corrected chi connectivity index (χ2v) is 8.22. The maximum Gasteiger partial charge on any atom is 0.264 e. The summed E-state index contributed by atoms with van der Waals surface area (Å²) < 4.78 is 33.8. The van der Waals surface area contributed by atoms with Crippen LogP contribution in [0.2, 0.25) is 0 Å². The Labute approximate surface area is 161 Å². The van der Waals surface area contributed by atoms with Crippen molar-refractivity contribution in [3.63, 3.8) is 0 Å². The highest BCUT2D eigenvalue weighted by molar-refractivity contribution is 7.92. The van der Waals surface area contributed by atoms with E-state index in [1.165, 1.54) is 4.31 Å². The molecule has 4 nitrogen and oxygen atoms in total. The Morgan fingerprint density at radius 2 is 1.59 bits per heavy atom. The lowest BCUT2D eigenvalue weighted by atomic mass is 10.1. The van der Waals surface area contributed by atoms with Gasteiger partial charge in [-0.05, 0) is 61.4 Å². The Kier molecular flexibility index (Phi) is 5.51. The molecule has 0 aliphatic rings. The summed E-state index contributed by atoms with van der Waals surface area (Å²) in [5.41, 5.74) is 2.49. The maximum atomic E-state index is 13.5. The lowest BCUT2D eigenvalue weighted by Gasteiger charge is -2.31. The van der Waals surface area contributed by atoms with Crippen molar-refractivity contribution in [2.75, 3.05) is 11.4 Å². The Balaban J connectivity index is 2.16. The molecule has 0 radical (unpaired) electrons. The third kappa shape index (κ3) is 3.98. The highest BCUT2D eigenvalue weighted by Gasteiger charge is 2.30. The van der Waals surface area contributed by atoms with E-state index in [1.807, 2.05) is 68.4 Å². The van der Waals surface area contributed by atoms with Gasteiger partial charge in [-0.3, -0.25) is 4.31 Å². The Bertz CT molecular complexity index is 1020. The minimum atomic E-state index is -3.75. The van der Waals surface area contributed by atoms with E-state index in [4.69, 9.17) is 4.74 Å². The van der Waals surface area contributed by atoms with Gasteiger partial charge in [0.1, 0.15) is 5.75 Å². The summed E-state index contributed by atoms with van der Waals surface area (Å²) in [5, 5.41) is 0. The zero-order valence-electron chi connectivity index (χ0n) is 15.7.